The van der Waals surface area contributed by atoms with E-state index in [1.165, 1.54) is 25.7 Å². The van der Waals surface area contributed by atoms with Crippen molar-refractivity contribution in [1.82, 2.24) is 0 Å². The first-order chi connectivity index (χ1) is 8.16. The van der Waals surface area contributed by atoms with Gasteiger partial charge in [0.1, 0.15) is 0 Å². The number of aryl methyl sites for hydroxylation is 1. The Bertz CT molecular complexity index is 405. The Morgan fingerprint density at radius 3 is 2.71 bits per heavy atom. The second-order valence-corrected chi connectivity index (χ2v) is 5.48. The van der Waals surface area contributed by atoms with Crippen molar-refractivity contribution in [1.29, 1.82) is 0 Å². The molecule has 1 aromatic carbocycles. The molecule has 1 nitrogen and oxygen atoms in total. The fraction of sp³-hybridized carbons (Fsp3) is 0.533. The van der Waals surface area contributed by atoms with E-state index in [-0.39, 0.29) is 5.78 Å². The summed E-state index contributed by atoms with van der Waals surface area (Å²) in [4.78, 5) is 12.0. The highest BCUT2D eigenvalue weighted by molar-refractivity contribution is 6.31. The van der Waals surface area contributed by atoms with Crippen molar-refractivity contribution in [3.63, 3.8) is 0 Å². The number of hydrogen-bond donors (Lipinski definition) is 0. The Hall–Kier alpha value is -0.820. The molecule has 1 aliphatic carbocycles. The summed E-state index contributed by atoms with van der Waals surface area (Å²) in [7, 11) is 0. The van der Waals surface area contributed by atoms with E-state index in [9.17, 15) is 4.79 Å². The number of ketones is 1. The number of carbonyl (C=O) groups is 1. The van der Waals surface area contributed by atoms with Crippen molar-refractivity contribution >= 4 is 17.4 Å². The SMILES string of the molecule is Cc1ccc(C(=O)CCC2CCCC2)cc1Cl. The maximum atomic E-state index is 12.0. The Balaban J connectivity index is 1.92. The van der Waals surface area contributed by atoms with Crippen LogP contribution in [0, 0.1) is 12.8 Å². The van der Waals surface area contributed by atoms with Gasteiger partial charge >= 0.3 is 0 Å². The monoisotopic (exact) mass is 250 g/mol. The molecule has 1 fully saturated rings. The molecule has 0 N–H and O–H groups in total. The minimum atomic E-state index is 0.235. The molecular formula is C15H19ClO. The molecule has 1 aliphatic rings. The van der Waals surface area contributed by atoms with Gasteiger partial charge in [-0.1, -0.05) is 49.4 Å². The van der Waals surface area contributed by atoms with Gasteiger partial charge in [-0.15, -0.1) is 0 Å². The third-order valence-electron chi connectivity index (χ3n) is 3.75. The number of benzene rings is 1. The number of hydrogen-bond acceptors (Lipinski definition) is 1. The van der Waals surface area contributed by atoms with Crippen LogP contribution in [-0.4, -0.2) is 5.78 Å². The van der Waals surface area contributed by atoms with Crippen LogP contribution in [0.2, 0.25) is 5.02 Å². The Kier molecular flexibility index (Phi) is 4.22. The Morgan fingerprint density at radius 2 is 2.06 bits per heavy atom. The summed E-state index contributed by atoms with van der Waals surface area (Å²) >= 11 is 6.03. The van der Waals surface area contributed by atoms with Crippen molar-refractivity contribution in [2.24, 2.45) is 5.92 Å². The van der Waals surface area contributed by atoms with Crippen LogP contribution in [-0.2, 0) is 0 Å². The van der Waals surface area contributed by atoms with Crippen LogP contribution < -0.4 is 0 Å². The summed E-state index contributed by atoms with van der Waals surface area (Å²) in [6, 6.07) is 5.61. The first kappa shape index (κ1) is 12.6. The topological polar surface area (TPSA) is 17.1 Å². The standard InChI is InChI=1S/C15H19ClO/c1-11-6-8-13(10-14(11)16)15(17)9-7-12-4-2-3-5-12/h6,8,10,12H,2-5,7,9H2,1H3. The first-order valence-electron chi connectivity index (χ1n) is 6.46. The third kappa shape index (κ3) is 3.32. The maximum absolute atomic E-state index is 12.0. The van der Waals surface area contributed by atoms with Crippen LogP contribution in [0.3, 0.4) is 0 Å². The lowest BCUT2D eigenvalue weighted by Gasteiger charge is -2.08. The fourth-order valence-corrected chi connectivity index (χ4v) is 2.73. The first-order valence-corrected chi connectivity index (χ1v) is 6.84. The van der Waals surface area contributed by atoms with E-state index in [4.69, 9.17) is 11.6 Å². The van der Waals surface area contributed by atoms with Crippen molar-refractivity contribution < 1.29 is 4.79 Å². The van der Waals surface area contributed by atoms with Gasteiger partial charge in [0, 0.05) is 17.0 Å². The molecule has 0 atom stereocenters. The van der Waals surface area contributed by atoms with E-state index in [2.05, 4.69) is 0 Å². The normalized spacial score (nSPS) is 16.4. The zero-order chi connectivity index (χ0) is 12.3. The van der Waals surface area contributed by atoms with Crippen LogP contribution in [0.5, 0.6) is 0 Å². The smallest absolute Gasteiger partial charge is 0.162 e. The van der Waals surface area contributed by atoms with Crippen LogP contribution in [0.25, 0.3) is 0 Å². The van der Waals surface area contributed by atoms with E-state index in [1.54, 1.807) is 6.07 Å². The molecule has 0 radical (unpaired) electrons. The molecule has 1 saturated carbocycles. The van der Waals surface area contributed by atoms with Crippen LogP contribution in [0.15, 0.2) is 18.2 Å². The van der Waals surface area contributed by atoms with Gasteiger partial charge < -0.3 is 0 Å². The van der Waals surface area contributed by atoms with Crippen molar-refractivity contribution in [3.05, 3.63) is 34.3 Å². The minimum Gasteiger partial charge on any atom is -0.294 e. The second-order valence-electron chi connectivity index (χ2n) is 5.08. The summed E-state index contributed by atoms with van der Waals surface area (Å²) in [6.07, 6.45) is 7.02. The fourth-order valence-electron chi connectivity index (χ4n) is 2.54. The maximum Gasteiger partial charge on any atom is 0.162 e. The lowest BCUT2D eigenvalue weighted by molar-refractivity contribution is 0.0974. The van der Waals surface area contributed by atoms with E-state index in [1.807, 2.05) is 19.1 Å². The Morgan fingerprint density at radius 1 is 1.35 bits per heavy atom. The van der Waals surface area contributed by atoms with Crippen molar-refractivity contribution in [2.75, 3.05) is 0 Å². The highest BCUT2D eigenvalue weighted by Gasteiger charge is 2.16. The number of halogens is 1. The number of carbonyl (C=O) groups excluding carboxylic acids is 1. The van der Waals surface area contributed by atoms with E-state index < -0.39 is 0 Å². The van der Waals surface area contributed by atoms with E-state index in [0.717, 1.165) is 23.5 Å². The van der Waals surface area contributed by atoms with Gasteiger partial charge in [-0.05, 0) is 30.9 Å². The molecule has 0 saturated heterocycles. The van der Waals surface area contributed by atoms with E-state index >= 15 is 0 Å². The average Bonchev–Trinajstić information content (AvgIpc) is 2.82. The predicted octanol–water partition coefficient (Wildman–Crippen LogP) is 4.80. The third-order valence-corrected chi connectivity index (χ3v) is 4.16. The van der Waals surface area contributed by atoms with Crippen LogP contribution in [0.4, 0.5) is 0 Å². The zero-order valence-electron chi connectivity index (χ0n) is 10.3. The molecule has 0 aromatic heterocycles. The molecule has 0 unspecified atom stereocenters. The molecule has 0 heterocycles. The summed E-state index contributed by atoms with van der Waals surface area (Å²) < 4.78 is 0. The summed E-state index contributed by atoms with van der Waals surface area (Å²) in [5, 5.41) is 0.691. The molecule has 2 rings (SSSR count). The minimum absolute atomic E-state index is 0.235. The number of rotatable bonds is 4. The molecule has 1 aromatic rings. The van der Waals surface area contributed by atoms with Gasteiger partial charge in [0.05, 0.1) is 0 Å². The van der Waals surface area contributed by atoms with Gasteiger partial charge in [0.25, 0.3) is 0 Å². The highest BCUT2D eigenvalue weighted by atomic mass is 35.5. The van der Waals surface area contributed by atoms with Crippen molar-refractivity contribution in [3.8, 4) is 0 Å². The van der Waals surface area contributed by atoms with Crippen LogP contribution >= 0.6 is 11.6 Å². The molecule has 0 amide bonds. The van der Waals surface area contributed by atoms with Gasteiger partial charge in [-0.3, -0.25) is 4.79 Å². The van der Waals surface area contributed by atoms with Crippen molar-refractivity contribution in [2.45, 2.75) is 45.4 Å². The molecular weight excluding hydrogens is 232 g/mol. The molecule has 2 heteroatoms. The van der Waals surface area contributed by atoms with Gasteiger partial charge in [0.15, 0.2) is 5.78 Å². The largest absolute Gasteiger partial charge is 0.294 e. The summed E-state index contributed by atoms with van der Waals surface area (Å²) in [5.41, 5.74) is 1.79. The van der Waals surface area contributed by atoms with E-state index in [0.29, 0.717) is 11.4 Å². The van der Waals surface area contributed by atoms with Crippen LogP contribution in [0.1, 0.15) is 54.4 Å². The molecule has 92 valence electrons. The van der Waals surface area contributed by atoms with Gasteiger partial charge in [0.2, 0.25) is 0 Å². The average molecular weight is 251 g/mol. The van der Waals surface area contributed by atoms with Gasteiger partial charge in [-0.2, -0.15) is 0 Å². The molecule has 0 spiro atoms. The predicted molar refractivity (Wildman–Crippen MR) is 71.7 cm³/mol. The number of Topliss-reactive ketones (excluding diaryl/α,β-unsaturated/α-hetero) is 1. The molecule has 0 bridgehead atoms. The Labute approximate surface area is 108 Å². The highest BCUT2D eigenvalue weighted by Crippen LogP contribution is 2.29. The second kappa shape index (κ2) is 5.68. The zero-order valence-corrected chi connectivity index (χ0v) is 11.1. The summed E-state index contributed by atoms with van der Waals surface area (Å²) in [5.74, 6) is 1.01. The molecule has 17 heavy (non-hydrogen) atoms. The summed E-state index contributed by atoms with van der Waals surface area (Å²) in [6.45, 7) is 1.95. The quantitative estimate of drug-likeness (QED) is 0.702. The lowest BCUT2D eigenvalue weighted by atomic mass is 9.97. The van der Waals surface area contributed by atoms with Gasteiger partial charge in [-0.25, -0.2) is 0 Å². The lowest BCUT2D eigenvalue weighted by Crippen LogP contribution is -2.03. The molecule has 0 aliphatic heterocycles.